The van der Waals surface area contributed by atoms with Crippen molar-refractivity contribution in [2.75, 3.05) is 32.1 Å². The fourth-order valence-corrected chi connectivity index (χ4v) is 6.41. The normalized spacial score (nSPS) is 11.8. The number of hydrogen-bond donors (Lipinski definition) is 1. The van der Waals surface area contributed by atoms with Crippen LogP contribution in [0.4, 0.5) is 5.69 Å². The zero-order valence-corrected chi connectivity index (χ0v) is 27.1. The summed E-state index contributed by atoms with van der Waals surface area (Å²) in [4.78, 5) is 29.1. The summed E-state index contributed by atoms with van der Waals surface area (Å²) in [5, 5.41) is 3.08. The fourth-order valence-electron chi connectivity index (χ4n) is 4.85. The number of sulfonamides is 1. The maximum atomic E-state index is 14.4. The van der Waals surface area contributed by atoms with Crippen molar-refractivity contribution >= 4 is 39.1 Å². The first-order valence-corrected chi connectivity index (χ1v) is 16.0. The highest BCUT2D eigenvalue weighted by molar-refractivity contribution is 7.92. The second-order valence-electron chi connectivity index (χ2n) is 10.3. The molecule has 9 nitrogen and oxygen atoms in total. The van der Waals surface area contributed by atoms with Crippen LogP contribution in [-0.4, -0.2) is 59.0 Å². The number of carbonyl (C=O) groups is 2. The number of hydrogen-bond acceptors (Lipinski definition) is 6. The molecule has 0 aliphatic heterocycles. The van der Waals surface area contributed by atoms with Crippen LogP contribution in [0.2, 0.25) is 5.02 Å². The predicted octanol–water partition coefficient (Wildman–Crippen LogP) is 5.25. The summed E-state index contributed by atoms with van der Waals surface area (Å²) in [5.41, 5.74) is 2.90. The highest BCUT2D eigenvalue weighted by Crippen LogP contribution is 2.33. The molecule has 11 heteroatoms. The summed E-state index contributed by atoms with van der Waals surface area (Å²) in [6, 6.07) is 26.4. The van der Waals surface area contributed by atoms with Crippen molar-refractivity contribution in [2.45, 2.75) is 30.8 Å². The molecule has 0 bridgehead atoms. The van der Waals surface area contributed by atoms with Gasteiger partial charge in [0.2, 0.25) is 11.8 Å². The number of ether oxygens (including phenoxy) is 2. The molecule has 4 rings (SSSR count). The molecule has 0 unspecified atom stereocenters. The third kappa shape index (κ3) is 8.14. The number of carbonyl (C=O) groups excluding carboxylic acids is 2. The average Bonchev–Trinajstić information content (AvgIpc) is 3.06. The minimum atomic E-state index is -4.34. The number of rotatable bonds is 13. The summed E-state index contributed by atoms with van der Waals surface area (Å²) in [7, 11) is 0.0311. The number of methoxy groups -OCH3 is 2. The lowest BCUT2D eigenvalue weighted by molar-refractivity contribution is -0.139. The van der Waals surface area contributed by atoms with Gasteiger partial charge in [0.05, 0.1) is 24.8 Å². The summed E-state index contributed by atoms with van der Waals surface area (Å²) >= 11 is 6.13. The standard InChI is InChI=1S/C34H36ClN3O6S/c1-24-10-12-26(13-11-24)22-37(30(34(40)36-2)20-25-8-6-5-7-9-25)33(39)23-38(28-16-14-27(35)15-17-28)45(41,42)29-18-19-31(43-3)32(21-29)44-4/h5-19,21,30H,20,22-23H2,1-4H3,(H,36,40)/t30-/m0/s1. The van der Waals surface area contributed by atoms with Gasteiger partial charge in [-0.3, -0.25) is 13.9 Å². The van der Waals surface area contributed by atoms with E-state index < -0.39 is 28.5 Å². The molecule has 0 heterocycles. The number of benzene rings is 4. The number of aryl methyl sites for hydroxylation is 1. The van der Waals surface area contributed by atoms with Gasteiger partial charge in [-0.2, -0.15) is 0 Å². The zero-order valence-electron chi connectivity index (χ0n) is 25.6. The Kier molecular flexibility index (Phi) is 11.1. The van der Waals surface area contributed by atoms with E-state index in [4.69, 9.17) is 21.1 Å². The Bertz CT molecular complexity index is 1720. The van der Waals surface area contributed by atoms with Crippen LogP contribution in [0.25, 0.3) is 0 Å². The van der Waals surface area contributed by atoms with Crippen molar-refractivity contribution < 1.29 is 27.5 Å². The smallest absolute Gasteiger partial charge is 0.264 e. The summed E-state index contributed by atoms with van der Waals surface area (Å²) in [5.74, 6) is -0.382. The van der Waals surface area contributed by atoms with Gasteiger partial charge in [0, 0.05) is 31.1 Å². The Hall–Kier alpha value is -4.54. The van der Waals surface area contributed by atoms with Crippen molar-refractivity contribution in [2.24, 2.45) is 0 Å². The number of amides is 2. The lowest BCUT2D eigenvalue weighted by atomic mass is 10.0. The van der Waals surface area contributed by atoms with Crippen molar-refractivity contribution in [3.8, 4) is 11.5 Å². The van der Waals surface area contributed by atoms with Gasteiger partial charge in [-0.1, -0.05) is 71.8 Å². The van der Waals surface area contributed by atoms with Gasteiger partial charge in [0.15, 0.2) is 11.5 Å². The SMILES string of the molecule is CNC(=O)[C@H](Cc1ccccc1)N(Cc1ccc(C)cc1)C(=O)CN(c1ccc(Cl)cc1)S(=O)(=O)c1ccc(OC)c(OC)c1. The van der Waals surface area contributed by atoms with E-state index in [2.05, 4.69) is 5.32 Å². The first-order valence-electron chi connectivity index (χ1n) is 14.2. The lowest BCUT2D eigenvalue weighted by Crippen LogP contribution is -2.53. The Labute approximate surface area is 269 Å². The van der Waals surface area contributed by atoms with Crippen LogP contribution in [0, 0.1) is 6.92 Å². The van der Waals surface area contributed by atoms with Gasteiger partial charge in [0.1, 0.15) is 12.6 Å². The van der Waals surface area contributed by atoms with Gasteiger partial charge in [-0.15, -0.1) is 0 Å². The third-order valence-corrected chi connectivity index (χ3v) is 9.35. The van der Waals surface area contributed by atoms with Gasteiger partial charge in [0.25, 0.3) is 10.0 Å². The van der Waals surface area contributed by atoms with Crippen molar-refractivity contribution in [3.05, 3.63) is 119 Å². The lowest BCUT2D eigenvalue weighted by Gasteiger charge is -2.33. The molecule has 1 N–H and O–H groups in total. The van der Waals surface area contributed by atoms with E-state index in [0.717, 1.165) is 21.0 Å². The van der Waals surface area contributed by atoms with Crippen LogP contribution in [-0.2, 0) is 32.6 Å². The van der Waals surface area contributed by atoms with E-state index in [1.54, 1.807) is 12.1 Å². The monoisotopic (exact) mass is 649 g/mol. The molecular formula is C34H36ClN3O6S. The number of anilines is 1. The van der Waals surface area contributed by atoms with E-state index >= 15 is 0 Å². The van der Waals surface area contributed by atoms with E-state index in [1.807, 2.05) is 61.5 Å². The number of nitrogens with zero attached hydrogens (tertiary/aromatic N) is 2. The number of nitrogens with one attached hydrogen (secondary N) is 1. The maximum absolute atomic E-state index is 14.4. The molecule has 0 fully saturated rings. The van der Waals surface area contributed by atoms with E-state index in [1.165, 1.54) is 56.5 Å². The molecule has 0 aromatic heterocycles. The van der Waals surface area contributed by atoms with Crippen molar-refractivity contribution in [1.82, 2.24) is 10.2 Å². The molecule has 0 aliphatic carbocycles. The molecule has 0 aliphatic rings. The van der Waals surface area contributed by atoms with Crippen LogP contribution in [0.1, 0.15) is 16.7 Å². The Morgan fingerprint density at radius 2 is 1.49 bits per heavy atom. The molecule has 2 amide bonds. The predicted molar refractivity (Wildman–Crippen MR) is 175 cm³/mol. The van der Waals surface area contributed by atoms with Crippen molar-refractivity contribution in [3.63, 3.8) is 0 Å². The van der Waals surface area contributed by atoms with Crippen LogP contribution >= 0.6 is 11.6 Å². The minimum Gasteiger partial charge on any atom is -0.493 e. The number of halogens is 1. The van der Waals surface area contributed by atoms with Gasteiger partial charge < -0.3 is 19.7 Å². The Morgan fingerprint density at radius 1 is 0.844 bits per heavy atom. The topological polar surface area (TPSA) is 105 Å². The average molecular weight is 650 g/mol. The molecule has 4 aromatic carbocycles. The second kappa shape index (κ2) is 15.0. The molecule has 0 saturated carbocycles. The van der Waals surface area contributed by atoms with Crippen molar-refractivity contribution in [1.29, 1.82) is 0 Å². The van der Waals surface area contributed by atoms with E-state index in [0.29, 0.717) is 10.8 Å². The van der Waals surface area contributed by atoms with E-state index in [-0.39, 0.29) is 35.2 Å². The highest BCUT2D eigenvalue weighted by atomic mass is 35.5. The molecule has 0 saturated heterocycles. The molecular weight excluding hydrogens is 614 g/mol. The molecule has 0 spiro atoms. The van der Waals surface area contributed by atoms with E-state index in [9.17, 15) is 18.0 Å². The fraction of sp³-hybridized carbons (Fsp3) is 0.235. The van der Waals surface area contributed by atoms with Crippen LogP contribution in [0.5, 0.6) is 11.5 Å². The second-order valence-corrected chi connectivity index (χ2v) is 12.6. The molecule has 45 heavy (non-hydrogen) atoms. The van der Waals surface area contributed by atoms with Gasteiger partial charge in [-0.05, 0) is 54.4 Å². The van der Waals surface area contributed by atoms with Crippen LogP contribution < -0.4 is 19.1 Å². The maximum Gasteiger partial charge on any atom is 0.264 e. The Balaban J connectivity index is 1.80. The van der Waals surface area contributed by atoms with Crippen LogP contribution in [0.3, 0.4) is 0 Å². The summed E-state index contributed by atoms with van der Waals surface area (Å²) < 4.78 is 40.1. The quantitative estimate of drug-likeness (QED) is 0.212. The summed E-state index contributed by atoms with van der Waals surface area (Å²) in [6.07, 6.45) is 0.224. The van der Waals surface area contributed by atoms with Gasteiger partial charge in [-0.25, -0.2) is 8.42 Å². The molecule has 236 valence electrons. The molecule has 1 atom stereocenters. The third-order valence-electron chi connectivity index (χ3n) is 7.33. The first kappa shape index (κ1) is 33.4. The molecule has 4 aromatic rings. The first-order chi connectivity index (χ1) is 21.6. The molecule has 0 radical (unpaired) electrons. The highest BCUT2D eigenvalue weighted by Gasteiger charge is 2.34. The van der Waals surface area contributed by atoms with Gasteiger partial charge >= 0.3 is 0 Å². The van der Waals surface area contributed by atoms with Crippen LogP contribution in [0.15, 0.2) is 102 Å². The minimum absolute atomic E-state index is 0.0783. The number of likely N-dealkylation sites (N-methyl/N-ethyl adjacent to an activating group) is 1. The summed E-state index contributed by atoms with van der Waals surface area (Å²) in [6.45, 7) is 1.44. The Morgan fingerprint density at radius 3 is 2.09 bits per heavy atom. The largest absolute Gasteiger partial charge is 0.493 e. The zero-order chi connectivity index (χ0) is 32.6.